The molecule has 0 spiro atoms. The maximum absolute atomic E-state index is 12.3. The molecule has 1 aliphatic carbocycles. The minimum Gasteiger partial charge on any atom is -0.299 e. The summed E-state index contributed by atoms with van der Waals surface area (Å²) in [6.07, 6.45) is 2.65. The van der Waals surface area contributed by atoms with Gasteiger partial charge in [-0.2, -0.15) is 9.97 Å². The van der Waals surface area contributed by atoms with Gasteiger partial charge in [0.05, 0.1) is 10.9 Å². The van der Waals surface area contributed by atoms with E-state index in [1.54, 1.807) is 6.07 Å². The SMILES string of the molecule is O=C(Nc1nc(Cl)nc(C2CCCCC2=O)n1)NS(=O)(=O)c1ccccc1Cl. The molecule has 1 saturated carbocycles. The number of anilines is 1. The lowest BCUT2D eigenvalue weighted by molar-refractivity contribution is -0.122. The summed E-state index contributed by atoms with van der Waals surface area (Å²) in [6.45, 7) is 0. The second kappa shape index (κ2) is 8.38. The molecule has 0 bridgehead atoms. The van der Waals surface area contributed by atoms with E-state index < -0.39 is 22.0 Å². The molecule has 1 unspecified atom stereocenters. The molecule has 1 aromatic heterocycles. The predicted octanol–water partition coefficient (Wildman–Crippen LogP) is 2.92. The van der Waals surface area contributed by atoms with Crippen LogP contribution in [0.15, 0.2) is 29.2 Å². The monoisotopic (exact) mass is 443 g/mol. The van der Waals surface area contributed by atoms with E-state index in [1.165, 1.54) is 18.2 Å². The average molecular weight is 444 g/mol. The Bertz CT molecular complexity index is 1030. The molecule has 3 rings (SSSR count). The summed E-state index contributed by atoms with van der Waals surface area (Å²) in [7, 11) is -4.21. The molecular formula is C16H15Cl2N5O4S. The minimum atomic E-state index is -4.21. The number of hydrogen-bond donors (Lipinski definition) is 2. The summed E-state index contributed by atoms with van der Waals surface area (Å²) < 4.78 is 26.4. The second-order valence-electron chi connectivity index (χ2n) is 6.04. The number of nitrogens with one attached hydrogen (secondary N) is 2. The van der Waals surface area contributed by atoms with Gasteiger partial charge in [0.2, 0.25) is 11.2 Å². The summed E-state index contributed by atoms with van der Waals surface area (Å²) in [5.41, 5.74) is 0. The highest BCUT2D eigenvalue weighted by atomic mass is 35.5. The topological polar surface area (TPSA) is 131 Å². The molecule has 1 aliphatic rings. The molecule has 2 N–H and O–H groups in total. The Morgan fingerprint density at radius 1 is 1.11 bits per heavy atom. The van der Waals surface area contributed by atoms with Crippen molar-refractivity contribution in [1.29, 1.82) is 0 Å². The fourth-order valence-electron chi connectivity index (χ4n) is 2.80. The van der Waals surface area contributed by atoms with Gasteiger partial charge < -0.3 is 0 Å². The summed E-state index contributed by atoms with van der Waals surface area (Å²) in [4.78, 5) is 35.7. The van der Waals surface area contributed by atoms with Crippen molar-refractivity contribution in [3.63, 3.8) is 0 Å². The van der Waals surface area contributed by atoms with E-state index in [4.69, 9.17) is 23.2 Å². The molecule has 1 aromatic carbocycles. The van der Waals surface area contributed by atoms with Crippen molar-refractivity contribution in [2.24, 2.45) is 0 Å². The number of rotatable bonds is 4. The van der Waals surface area contributed by atoms with Crippen LogP contribution in [0.2, 0.25) is 10.3 Å². The molecule has 0 radical (unpaired) electrons. The number of sulfonamides is 1. The Balaban J connectivity index is 1.77. The molecule has 1 fully saturated rings. The number of carbonyl (C=O) groups excluding carboxylic acids is 2. The Morgan fingerprint density at radius 2 is 1.86 bits per heavy atom. The number of benzene rings is 1. The third-order valence-electron chi connectivity index (χ3n) is 4.07. The maximum Gasteiger partial charge on any atom is 0.335 e. The maximum atomic E-state index is 12.3. The number of ketones is 1. The van der Waals surface area contributed by atoms with Gasteiger partial charge in [0, 0.05) is 6.42 Å². The normalized spacial score (nSPS) is 17.2. The molecule has 148 valence electrons. The smallest absolute Gasteiger partial charge is 0.299 e. The number of Topliss-reactive ketones (excluding diaryl/α,β-unsaturated/α-hetero) is 1. The van der Waals surface area contributed by atoms with Crippen molar-refractivity contribution >= 4 is 51.0 Å². The first-order valence-electron chi connectivity index (χ1n) is 8.29. The van der Waals surface area contributed by atoms with Crippen LogP contribution in [0.25, 0.3) is 0 Å². The van der Waals surface area contributed by atoms with E-state index in [0.29, 0.717) is 12.8 Å². The molecule has 0 saturated heterocycles. The van der Waals surface area contributed by atoms with E-state index in [1.807, 2.05) is 4.72 Å². The number of hydrogen-bond acceptors (Lipinski definition) is 7. The van der Waals surface area contributed by atoms with Crippen LogP contribution in [0.1, 0.15) is 37.4 Å². The van der Waals surface area contributed by atoms with Gasteiger partial charge in [-0.05, 0) is 36.6 Å². The fraction of sp³-hybridized carbons (Fsp3) is 0.312. The third-order valence-corrected chi connectivity index (χ3v) is 6.07. The van der Waals surface area contributed by atoms with Gasteiger partial charge in [-0.15, -0.1) is 0 Å². The highest BCUT2D eigenvalue weighted by Crippen LogP contribution is 2.28. The summed E-state index contributed by atoms with van der Waals surface area (Å²) in [6, 6.07) is 4.56. The molecule has 2 aromatic rings. The molecule has 0 aliphatic heterocycles. The van der Waals surface area contributed by atoms with Crippen LogP contribution in [-0.4, -0.2) is 35.2 Å². The highest BCUT2D eigenvalue weighted by Gasteiger charge is 2.28. The minimum absolute atomic E-state index is 0.00906. The largest absolute Gasteiger partial charge is 0.335 e. The standard InChI is InChI=1S/C16H15Cl2N5O4S/c17-10-6-2-4-8-12(10)28(26,27)23-16(25)22-15-20-13(19-14(18)21-15)9-5-1-3-7-11(9)24/h2,4,6,8-9H,1,3,5,7H2,(H2,19,20,21,22,23,25). The van der Waals surface area contributed by atoms with Crippen LogP contribution in [0.4, 0.5) is 10.7 Å². The first-order valence-corrected chi connectivity index (χ1v) is 10.5. The van der Waals surface area contributed by atoms with Gasteiger partial charge in [0.15, 0.2) is 0 Å². The van der Waals surface area contributed by atoms with Gasteiger partial charge in [-0.1, -0.05) is 30.2 Å². The molecule has 9 nitrogen and oxygen atoms in total. The summed E-state index contributed by atoms with van der Waals surface area (Å²) >= 11 is 11.7. The van der Waals surface area contributed by atoms with E-state index in [0.717, 1.165) is 12.8 Å². The summed E-state index contributed by atoms with van der Waals surface area (Å²) in [5, 5.41) is 1.94. The number of amides is 2. The van der Waals surface area contributed by atoms with Crippen LogP contribution in [0.5, 0.6) is 0 Å². The zero-order valence-corrected chi connectivity index (χ0v) is 16.7. The fourth-order valence-corrected chi connectivity index (χ4v) is 4.39. The lowest BCUT2D eigenvalue weighted by atomic mass is 9.87. The number of carbonyl (C=O) groups is 2. The average Bonchev–Trinajstić information content (AvgIpc) is 2.61. The van der Waals surface area contributed by atoms with Crippen LogP contribution >= 0.6 is 23.2 Å². The van der Waals surface area contributed by atoms with E-state index >= 15 is 0 Å². The van der Waals surface area contributed by atoms with Crippen molar-refractivity contribution in [3.8, 4) is 0 Å². The number of halogens is 2. The molecule has 1 atom stereocenters. The van der Waals surface area contributed by atoms with Crippen molar-refractivity contribution in [2.45, 2.75) is 36.5 Å². The Morgan fingerprint density at radius 3 is 2.57 bits per heavy atom. The van der Waals surface area contributed by atoms with Gasteiger partial charge in [0.25, 0.3) is 10.0 Å². The van der Waals surface area contributed by atoms with Gasteiger partial charge in [0.1, 0.15) is 16.5 Å². The van der Waals surface area contributed by atoms with Crippen molar-refractivity contribution in [2.75, 3.05) is 5.32 Å². The van der Waals surface area contributed by atoms with Crippen LogP contribution in [0.3, 0.4) is 0 Å². The number of urea groups is 1. The Hall–Kier alpha value is -2.30. The molecule has 28 heavy (non-hydrogen) atoms. The van der Waals surface area contributed by atoms with E-state index in [2.05, 4.69) is 20.3 Å². The first-order chi connectivity index (χ1) is 13.3. The van der Waals surface area contributed by atoms with Gasteiger partial charge >= 0.3 is 6.03 Å². The van der Waals surface area contributed by atoms with E-state index in [9.17, 15) is 18.0 Å². The first kappa shape index (κ1) is 20.4. The summed E-state index contributed by atoms with van der Waals surface area (Å²) in [5.74, 6) is -0.649. The van der Waals surface area contributed by atoms with Crippen molar-refractivity contribution in [1.82, 2.24) is 19.7 Å². The van der Waals surface area contributed by atoms with Crippen LogP contribution in [0, 0.1) is 0 Å². The second-order valence-corrected chi connectivity index (χ2v) is 8.44. The molecule has 2 amide bonds. The van der Waals surface area contributed by atoms with Crippen molar-refractivity contribution in [3.05, 3.63) is 40.4 Å². The highest BCUT2D eigenvalue weighted by molar-refractivity contribution is 7.90. The van der Waals surface area contributed by atoms with Crippen molar-refractivity contribution < 1.29 is 18.0 Å². The molecular weight excluding hydrogens is 429 g/mol. The lowest BCUT2D eigenvalue weighted by Gasteiger charge is -2.19. The zero-order chi connectivity index (χ0) is 20.3. The number of nitrogens with zero attached hydrogens (tertiary/aromatic N) is 3. The van der Waals surface area contributed by atoms with Gasteiger partial charge in [-0.25, -0.2) is 22.9 Å². The van der Waals surface area contributed by atoms with E-state index in [-0.39, 0.29) is 32.8 Å². The molecule has 1 heterocycles. The van der Waals surface area contributed by atoms with Crippen LogP contribution in [-0.2, 0) is 14.8 Å². The quantitative estimate of drug-likeness (QED) is 0.741. The lowest BCUT2D eigenvalue weighted by Crippen LogP contribution is -2.35. The Labute approximate surface area is 170 Å². The van der Waals surface area contributed by atoms with Gasteiger partial charge in [-0.3, -0.25) is 10.1 Å². The predicted molar refractivity (Wildman–Crippen MR) is 102 cm³/mol. The zero-order valence-electron chi connectivity index (χ0n) is 14.4. The number of aromatic nitrogens is 3. The molecule has 12 heteroatoms. The third kappa shape index (κ3) is 4.75. The van der Waals surface area contributed by atoms with Crippen LogP contribution < -0.4 is 10.0 Å². The Kier molecular flexibility index (Phi) is 6.11.